The van der Waals surface area contributed by atoms with Crippen LogP contribution in [0.4, 0.5) is 0 Å². The molecule has 3 rings (SSSR count). The van der Waals surface area contributed by atoms with Gasteiger partial charge in [0.25, 0.3) is 11.8 Å². The Morgan fingerprint density at radius 3 is 2.06 bits per heavy atom. The van der Waals surface area contributed by atoms with Crippen LogP contribution in [-0.2, 0) is 4.74 Å². The van der Waals surface area contributed by atoms with Gasteiger partial charge >= 0.3 is 0 Å². The van der Waals surface area contributed by atoms with Crippen molar-refractivity contribution in [2.45, 2.75) is 18.9 Å². The Balaban J connectivity index is 1.56. The second kappa shape index (κ2) is 10.5. The molecule has 1 heterocycles. The molecule has 0 saturated carbocycles. The molecule has 31 heavy (non-hydrogen) atoms. The minimum Gasteiger partial charge on any atom is -0.493 e. The van der Waals surface area contributed by atoms with Crippen LogP contribution in [0, 0.1) is 0 Å². The van der Waals surface area contributed by atoms with Gasteiger partial charge in [0.05, 0.1) is 27.4 Å². The molecule has 1 atom stereocenters. The van der Waals surface area contributed by atoms with E-state index in [2.05, 4.69) is 10.9 Å². The summed E-state index contributed by atoms with van der Waals surface area (Å²) in [6.07, 6.45) is 2.16. The SMILES string of the molecule is COc1cc(C(=O)NNC(=O)c2ccc(OCC3CCCO3)cc2)cc(OC)c1OC. The van der Waals surface area contributed by atoms with Crippen LogP contribution >= 0.6 is 0 Å². The zero-order valence-corrected chi connectivity index (χ0v) is 17.7. The van der Waals surface area contributed by atoms with Crippen molar-refractivity contribution < 1.29 is 33.3 Å². The molecule has 2 aromatic carbocycles. The van der Waals surface area contributed by atoms with Gasteiger partial charge in [0.15, 0.2) is 11.5 Å². The summed E-state index contributed by atoms with van der Waals surface area (Å²) in [5, 5.41) is 0. The van der Waals surface area contributed by atoms with Gasteiger partial charge in [-0.05, 0) is 49.2 Å². The zero-order valence-electron chi connectivity index (χ0n) is 17.7. The van der Waals surface area contributed by atoms with Crippen molar-refractivity contribution >= 4 is 11.8 Å². The van der Waals surface area contributed by atoms with Crippen LogP contribution in [0.3, 0.4) is 0 Å². The van der Waals surface area contributed by atoms with Crippen LogP contribution in [0.5, 0.6) is 23.0 Å². The standard InChI is InChI=1S/C22H26N2O7/c1-27-18-11-15(12-19(28-2)20(18)29-3)22(26)24-23-21(25)14-6-8-16(9-7-14)31-13-17-5-4-10-30-17/h6-9,11-12,17H,4-5,10,13H2,1-3H3,(H,23,25)(H,24,26). The van der Waals surface area contributed by atoms with Crippen LogP contribution in [0.25, 0.3) is 0 Å². The van der Waals surface area contributed by atoms with Gasteiger partial charge in [-0.1, -0.05) is 0 Å². The van der Waals surface area contributed by atoms with E-state index in [0.717, 1.165) is 19.4 Å². The van der Waals surface area contributed by atoms with Crippen molar-refractivity contribution in [1.29, 1.82) is 0 Å². The molecule has 2 N–H and O–H groups in total. The molecule has 1 aliphatic rings. The third kappa shape index (κ3) is 5.58. The summed E-state index contributed by atoms with van der Waals surface area (Å²) in [5.41, 5.74) is 5.36. The monoisotopic (exact) mass is 430 g/mol. The lowest BCUT2D eigenvalue weighted by Crippen LogP contribution is -2.41. The van der Waals surface area contributed by atoms with Crippen molar-refractivity contribution in [1.82, 2.24) is 10.9 Å². The Bertz CT molecular complexity index is 884. The molecule has 2 aromatic rings. The van der Waals surface area contributed by atoms with E-state index in [9.17, 15) is 9.59 Å². The Kier molecular flexibility index (Phi) is 7.55. The number of hydrogen-bond donors (Lipinski definition) is 2. The van der Waals surface area contributed by atoms with Gasteiger partial charge in [-0.15, -0.1) is 0 Å². The summed E-state index contributed by atoms with van der Waals surface area (Å²) in [6.45, 7) is 1.26. The van der Waals surface area contributed by atoms with E-state index in [-0.39, 0.29) is 11.7 Å². The molecule has 1 unspecified atom stereocenters. The van der Waals surface area contributed by atoms with Gasteiger partial charge in [-0.3, -0.25) is 20.4 Å². The van der Waals surface area contributed by atoms with E-state index >= 15 is 0 Å². The topological polar surface area (TPSA) is 104 Å². The minimum atomic E-state index is -0.538. The first kappa shape index (κ1) is 22.2. The number of hydrogen-bond acceptors (Lipinski definition) is 7. The maximum absolute atomic E-state index is 12.5. The number of hydrazine groups is 1. The molecule has 166 valence electrons. The van der Waals surface area contributed by atoms with Gasteiger partial charge in [0.1, 0.15) is 12.4 Å². The van der Waals surface area contributed by atoms with Crippen LogP contribution < -0.4 is 29.8 Å². The Hall–Kier alpha value is -3.46. The fraction of sp³-hybridized carbons (Fsp3) is 0.364. The number of ether oxygens (including phenoxy) is 5. The molecule has 9 nitrogen and oxygen atoms in total. The van der Waals surface area contributed by atoms with Crippen molar-refractivity contribution in [3.8, 4) is 23.0 Å². The summed E-state index contributed by atoms with van der Waals surface area (Å²) in [4.78, 5) is 24.8. The Morgan fingerprint density at radius 2 is 1.55 bits per heavy atom. The van der Waals surface area contributed by atoms with E-state index in [0.29, 0.717) is 35.2 Å². The highest BCUT2D eigenvalue weighted by molar-refractivity contribution is 5.99. The smallest absolute Gasteiger partial charge is 0.269 e. The summed E-state index contributed by atoms with van der Waals surface area (Å²) < 4.78 is 26.9. The van der Waals surface area contributed by atoms with Crippen molar-refractivity contribution in [3.63, 3.8) is 0 Å². The molecule has 1 fully saturated rings. The molecule has 1 saturated heterocycles. The lowest BCUT2D eigenvalue weighted by Gasteiger charge is -2.14. The van der Waals surface area contributed by atoms with Crippen molar-refractivity contribution in [2.75, 3.05) is 34.5 Å². The summed E-state index contributed by atoms with van der Waals surface area (Å²) >= 11 is 0. The summed E-state index contributed by atoms with van der Waals surface area (Å²) in [5.74, 6) is 0.672. The molecule has 0 spiro atoms. The molecule has 0 aromatic heterocycles. The van der Waals surface area contributed by atoms with E-state index < -0.39 is 11.8 Å². The zero-order chi connectivity index (χ0) is 22.2. The fourth-order valence-corrected chi connectivity index (χ4v) is 3.14. The predicted octanol–water partition coefficient (Wildman–Crippen LogP) is 2.34. The molecule has 0 aliphatic carbocycles. The number of rotatable bonds is 8. The van der Waals surface area contributed by atoms with Crippen LogP contribution in [0.15, 0.2) is 36.4 Å². The van der Waals surface area contributed by atoms with E-state index in [4.69, 9.17) is 23.7 Å². The third-order valence-corrected chi connectivity index (χ3v) is 4.79. The highest BCUT2D eigenvalue weighted by atomic mass is 16.5. The lowest BCUT2D eigenvalue weighted by atomic mass is 10.1. The highest BCUT2D eigenvalue weighted by Crippen LogP contribution is 2.38. The van der Waals surface area contributed by atoms with Crippen LogP contribution in [0.1, 0.15) is 33.6 Å². The lowest BCUT2D eigenvalue weighted by molar-refractivity contribution is 0.0679. The van der Waals surface area contributed by atoms with Crippen LogP contribution in [0.2, 0.25) is 0 Å². The first-order valence-corrected chi connectivity index (χ1v) is 9.81. The minimum absolute atomic E-state index is 0.119. The second-order valence-corrected chi connectivity index (χ2v) is 6.79. The number of amides is 2. The molecule has 0 bridgehead atoms. The predicted molar refractivity (Wildman–Crippen MR) is 112 cm³/mol. The number of benzene rings is 2. The molecular formula is C22H26N2O7. The fourth-order valence-electron chi connectivity index (χ4n) is 3.14. The molecule has 1 aliphatic heterocycles. The van der Waals surface area contributed by atoms with E-state index in [1.54, 1.807) is 24.3 Å². The number of carbonyl (C=O) groups is 2. The van der Waals surface area contributed by atoms with Crippen molar-refractivity contribution in [2.24, 2.45) is 0 Å². The van der Waals surface area contributed by atoms with E-state index in [1.807, 2.05) is 0 Å². The molecule has 2 amide bonds. The average molecular weight is 430 g/mol. The molecule has 9 heteroatoms. The van der Waals surface area contributed by atoms with Gasteiger partial charge < -0.3 is 23.7 Å². The largest absolute Gasteiger partial charge is 0.493 e. The first-order chi connectivity index (χ1) is 15.0. The third-order valence-electron chi connectivity index (χ3n) is 4.79. The van der Waals surface area contributed by atoms with Gasteiger partial charge in [0, 0.05) is 17.7 Å². The first-order valence-electron chi connectivity index (χ1n) is 9.81. The number of nitrogens with one attached hydrogen (secondary N) is 2. The summed E-state index contributed by atoms with van der Waals surface area (Å²) in [7, 11) is 4.38. The van der Waals surface area contributed by atoms with Crippen LogP contribution in [-0.4, -0.2) is 52.5 Å². The maximum Gasteiger partial charge on any atom is 0.269 e. The molecule has 0 radical (unpaired) electrons. The quantitative estimate of drug-likeness (QED) is 0.620. The molecular weight excluding hydrogens is 404 g/mol. The summed E-state index contributed by atoms with van der Waals surface area (Å²) in [6, 6.07) is 9.61. The number of methoxy groups -OCH3 is 3. The average Bonchev–Trinajstić information content (AvgIpc) is 3.34. The Labute approximate surface area is 180 Å². The van der Waals surface area contributed by atoms with E-state index in [1.165, 1.54) is 33.5 Å². The van der Waals surface area contributed by atoms with Crippen molar-refractivity contribution in [3.05, 3.63) is 47.5 Å². The van der Waals surface area contributed by atoms with Gasteiger partial charge in [-0.25, -0.2) is 0 Å². The normalized spacial score (nSPS) is 15.1. The second-order valence-electron chi connectivity index (χ2n) is 6.79. The van der Waals surface area contributed by atoms with Gasteiger partial charge in [0.2, 0.25) is 5.75 Å². The van der Waals surface area contributed by atoms with Gasteiger partial charge in [-0.2, -0.15) is 0 Å². The maximum atomic E-state index is 12.5. The number of carbonyl (C=O) groups excluding carboxylic acids is 2. The highest BCUT2D eigenvalue weighted by Gasteiger charge is 2.18. The Morgan fingerprint density at radius 1 is 0.935 bits per heavy atom.